The molecule has 0 aromatic heterocycles. The quantitative estimate of drug-likeness (QED) is 0.155. The van der Waals surface area contributed by atoms with E-state index in [1.165, 1.54) is 5.57 Å². The number of carboxylic acids is 1. The Bertz CT molecular complexity index is 1580. The van der Waals surface area contributed by atoms with Crippen LogP contribution in [0.5, 0.6) is 0 Å². The fourth-order valence-electron chi connectivity index (χ4n) is 12.6. The highest BCUT2D eigenvalue weighted by Gasteiger charge is 2.73. The maximum absolute atomic E-state index is 14.9. The minimum atomic E-state index is -1.31. The molecule has 6 rings (SSSR count). The molecule has 9 atom stereocenters. The second-order valence-electron chi connectivity index (χ2n) is 20.8. The highest BCUT2D eigenvalue weighted by molar-refractivity contribution is 6.76. The molecule has 5 aliphatic rings. The SMILES string of the molecule is CC1(C)[C@@H]2CC[C@]3(C)[C@H](C(=O)C=C4[C@@H]5C[C@@](C)(C(=O)OCc6ccccc6)CC[C@]5(C)CC[C@]43C)[C@@]2(C)CCC1(COCC[Si](C)(C)C)C(=O)O. The summed E-state index contributed by atoms with van der Waals surface area (Å²) in [4.78, 5) is 42.0. The Labute approximate surface area is 308 Å². The predicted molar refractivity (Wildman–Crippen MR) is 205 cm³/mol. The number of carbonyl (C=O) groups is 3. The number of aliphatic carboxylic acids is 1. The third kappa shape index (κ3) is 5.94. The lowest BCUT2D eigenvalue weighted by Crippen LogP contribution is -2.68. The Kier molecular flexibility index (Phi) is 9.56. The summed E-state index contributed by atoms with van der Waals surface area (Å²) in [6.07, 6.45) is 9.65. The average molecular weight is 719 g/mol. The van der Waals surface area contributed by atoms with Gasteiger partial charge in [-0.15, -0.1) is 0 Å². The Morgan fingerprint density at radius 1 is 0.882 bits per heavy atom. The molecule has 6 nitrogen and oxygen atoms in total. The number of esters is 1. The Morgan fingerprint density at radius 3 is 2.20 bits per heavy atom. The van der Waals surface area contributed by atoms with Gasteiger partial charge in [0.25, 0.3) is 0 Å². The molecule has 0 bridgehead atoms. The van der Waals surface area contributed by atoms with Gasteiger partial charge in [-0.25, -0.2) is 0 Å². The molecule has 0 aliphatic heterocycles. The van der Waals surface area contributed by atoms with Gasteiger partial charge in [0.15, 0.2) is 5.78 Å². The molecule has 0 spiro atoms. The van der Waals surface area contributed by atoms with Gasteiger partial charge in [0.05, 0.1) is 17.4 Å². The summed E-state index contributed by atoms with van der Waals surface area (Å²) in [7, 11) is -1.31. The van der Waals surface area contributed by atoms with Crippen LogP contribution in [-0.2, 0) is 30.5 Å². The summed E-state index contributed by atoms with van der Waals surface area (Å²) in [5.41, 5.74) is -0.587. The second kappa shape index (κ2) is 12.7. The van der Waals surface area contributed by atoms with Crippen LogP contribution in [0.2, 0.25) is 25.7 Å². The molecule has 4 saturated carbocycles. The van der Waals surface area contributed by atoms with E-state index in [9.17, 15) is 19.5 Å². The second-order valence-corrected chi connectivity index (χ2v) is 26.4. The summed E-state index contributed by atoms with van der Waals surface area (Å²) in [6, 6.07) is 10.9. The number of hydrogen-bond donors (Lipinski definition) is 1. The zero-order valence-corrected chi connectivity index (χ0v) is 34.4. The number of ketones is 1. The van der Waals surface area contributed by atoms with Crippen LogP contribution in [0.15, 0.2) is 42.0 Å². The number of fused-ring (bicyclic) bond motifs is 7. The molecule has 0 radical (unpaired) electrons. The lowest BCUT2D eigenvalue weighted by molar-refractivity contribution is -0.224. The number of hydrogen-bond acceptors (Lipinski definition) is 5. The van der Waals surface area contributed by atoms with Crippen molar-refractivity contribution in [2.75, 3.05) is 13.2 Å². The molecule has 0 saturated heterocycles. The minimum Gasteiger partial charge on any atom is -0.481 e. The van der Waals surface area contributed by atoms with Crippen molar-refractivity contribution >= 4 is 25.8 Å². The molecule has 1 N–H and O–H groups in total. The van der Waals surface area contributed by atoms with Crippen molar-refractivity contribution < 1.29 is 29.0 Å². The summed E-state index contributed by atoms with van der Waals surface area (Å²) < 4.78 is 12.2. The van der Waals surface area contributed by atoms with Crippen LogP contribution in [-0.4, -0.2) is 44.1 Å². The first-order valence-electron chi connectivity index (χ1n) is 19.9. The van der Waals surface area contributed by atoms with Crippen LogP contribution >= 0.6 is 0 Å². The van der Waals surface area contributed by atoms with Gasteiger partial charge in [-0.1, -0.05) is 97.1 Å². The van der Waals surface area contributed by atoms with Crippen molar-refractivity contribution in [3.8, 4) is 0 Å². The standard InChI is InChI=1S/C44H66O6Si/c1-38(2)34-16-17-43(7)35(41(34,5)21-23-44(38,36(46)47)29-49-24-25-51(8,9)10)33(45)26-31-32-27-40(4,19-18-39(32,3)20-22-42(31,43)6)37(48)50-28-30-14-12-11-13-15-30/h11-15,26,32,34-35H,16-25,27-29H2,1-10H3,(H,46,47)/t32-,34-,35+,39+,40-,41-,42+,43+,44?/m0/s1. The topological polar surface area (TPSA) is 89.9 Å². The molecule has 51 heavy (non-hydrogen) atoms. The van der Waals surface area contributed by atoms with Gasteiger partial charge in [-0.05, 0) is 121 Å². The van der Waals surface area contributed by atoms with Gasteiger partial charge in [-0.2, -0.15) is 0 Å². The molecule has 1 unspecified atom stereocenters. The van der Waals surface area contributed by atoms with E-state index in [0.29, 0.717) is 25.9 Å². The van der Waals surface area contributed by atoms with E-state index in [2.05, 4.69) is 74.2 Å². The Balaban J connectivity index is 1.30. The van der Waals surface area contributed by atoms with E-state index in [1.807, 2.05) is 30.3 Å². The smallest absolute Gasteiger partial charge is 0.312 e. The first-order chi connectivity index (χ1) is 23.6. The minimum absolute atomic E-state index is 0.0402. The zero-order chi connectivity index (χ0) is 37.5. The number of rotatable bonds is 9. The van der Waals surface area contributed by atoms with Crippen LogP contribution in [0.1, 0.15) is 112 Å². The molecule has 0 amide bonds. The van der Waals surface area contributed by atoms with Gasteiger partial charge < -0.3 is 14.6 Å². The highest BCUT2D eigenvalue weighted by Crippen LogP contribution is 2.76. The summed E-state index contributed by atoms with van der Waals surface area (Å²) >= 11 is 0. The molecule has 5 aliphatic carbocycles. The summed E-state index contributed by atoms with van der Waals surface area (Å²) in [6.45, 7) is 24.0. The van der Waals surface area contributed by atoms with Gasteiger partial charge in [0.1, 0.15) is 6.61 Å². The molecule has 0 heterocycles. The van der Waals surface area contributed by atoms with Crippen LogP contribution in [0, 0.1) is 55.7 Å². The number of ether oxygens (including phenoxy) is 2. The predicted octanol–water partition coefficient (Wildman–Crippen LogP) is 10.1. The highest BCUT2D eigenvalue weighted by atomic mass is 28.3. The average Bonchev–Trinajstić information content (AvgIpc) is 3.04. The molecule has 1 aromatic rings. The van der Waals surface area contributed by atoms with Gasteiger partial charge in [0, 0.05) is 20.6 Å². The summed E-state index contributed by atoms with van der Waals surface area (Å²) in [5.74, 6) is -0.605. The zero-order valence-electron chi connectivity index (χ0n) is 33.4. The van der Waals surface area contributed by atoms with Crippen molar-refractivity contribution in [2.24, 2.45) is 55.7 Å². The van der Waals surface area contributed by atoms with Crippen LogP contribution in [0.4, 0.5) is 0 Å². The number of carbonyl (C=O) groups excluding carboxylic acids is 2. The number of benzene rings is 1. The van der Waals surface area contributed by atoms with Gasteiger partial charge >= 0.3 is 11.9 Å². The van der Waals surface area contributed by atoms with Crippen molar-refractivity contribution in [3.63, 3.8) is 0 Å². The van der Waals surface area contributed by atoms with Gasteiger partial charge in [0.2, 0.25) is 0 Å². The normalized spacial score (nSPS) is 41.6. The molecule has 1 aromatic carbocycles. The Hall–Kier alpha value is -2.25. The monoisotopic (exact) mass is 718 g/mol. The van der Waals surface area contributed by atoms with E-state index < -0.39 is 30.3 Å². The fourth-order valence-corrected chi connectivity index (χ4v) is 13.4. The first kappa shape index (κ1) is 38.5. The molecule has 4 fully saturated rings. The van der Waals surface area contributed by atoms with Crippen molar-refractivity contribution in [1.82, 2.24) is 0 Å². The van der Waals surface area contributed by atoms with E-state index in [-0.39, 0.29) is 64.4 Å². The lowest BCUT2D eigenvalue weighted by Gasteiger charge is -2.71. The first-order valence-corrected chi connectivity index (χ1v) is 23.6. The molecular weight excluding hydrogens is 653 g/mol. The molecule has 282 valence electrons. The number of carboxylic acid groups (broad SMARTS) is 1. The maximum atomic E-state index is 14.9. The Morgan fingerprint density at radius 2 is 1.55 bits per heavy atom. The third-order valence-electron chi connectivity index (χ3n) is 16.5. The van der Waals surface area contributed by atoms with Crippen molar-refractivity contribution in [2.45, 2.75) is 139 Å². The van der Waals surface area contributed by atoms with Crippen molar-refractivity contribution in [1.29, 1.82) is 0 Å². The third-order valence-corrected chi connectivity index (χ3v) is 18.2. The largest absolute Gasteiger partial charge is 0.481 e. The molecular formula is C44H66O6Si. The van der Waals surface area contributed by atoms with Crippen molar-refractivity contribution in [3.05, 3.63) is 47.5 Å². The van der Waals surface area contributed by atoms with Crippen LogP contribution in [0.25, 0.3) is 0 Å². The van der Waals surface area contributed by atoms with Crippen LogP contribution in [0.3, 0.4) is 0 Å². The number of allylic oxidation sites excluding steroid dienone is 2. The van der Waals surface area contributed by atoms with E-state index in [4.69, 9.17) is 9.47 Å². The fraction of sp³-hybridized carbons (Fsp3) is 0.750. The van der Waals surface area contributed by atoms with Crippen LogP contribution < -0.4 is 0 Å². The summed E-state index contributed by atoms with van der Waals surface area (Å²) in [5, 5.41) is 10.9. The van der Waals surface area contributed by atoms with E-state index in [1.54, 1.807) is 0 Å². The molecule has 7 heteroatoms. The van der Waals surface area contributed by atoms with E-state index >= 15 is 0 Å². The van der Waals surface area contributed by atoms with E-state index in [0.717, 1.165) is 50.1 Å². The van der Waals surface area contributed by atoms with Gasteiger partial charge in [-0.3, -0.25) is 14.4 Å². The maximum Gasteiger partial charge on any atom is 0.312 e. The lowest BCUT2D eigenvalue weighted by atomic mass is 9.32.